The van der Waals surface area contributed by atoms with Gasteiger partial charge in [0.05, 0.1) is 6.61 Å². The van der Waals surface area contributed by atoms with Crippen molar-refractivity contribution >= 4 is 0 Å². The topological polar surface area (TPSA) is 9.23 Å². The first-order valence-corrected chi connectivity index (χ1v) is 6.39. The van der Waals surface area contributed by atoms with Crippen LogP contribution >= 0.6 is 0 Å². The van der Waals surface area contributed by atoms with Gasteiger partial charge in [-0.25, -0.2) is 0 Å². The van der Waals surface area contributed by atoms with Crippen LogP contribution < -0.4 is 4.74 Å². The molecule has 1 aromatic carbocycles. The predicted molar refractivity (Wildman–Crippen MR) is 68.4 cm³/mol. The van der Waals surface area contributed by atoms with Crippen molar-refractivity contribution in [1.82, 2.24) is 0 Å². The lowest BCUT2D eigenvalue weighted by Crippen LogP contribution is -2.13. The van der Waals surface area contributed by atoms with Crippen molar-refractivity contribution in [2.24, 2.45) is 0 Å². The molecule has 0 unspecified atom stereocenters. The Labute approximate surface area is 98.8 Å². The molecule has 88 valence electrons. The summed E-state index contributed by atoms with van der Waals surface area (Å²) in [7, 11) is 0. The second-order valence-electron chi connectivity index (χ2n) is 5.31. The SMILES string of the molecule is CC(C)c1ccc2c(c1C(C)C)CCCO2. The number of rotatable bonds is 2. The van der Waals surface area contributed by atoms with Crippen LogP contribution in [0.4, 0.5) is 0 Å². The van der Waals surface area contributed by atoms with Crippen LogP contribution in [-0.2, 0) is 6.42 Å². The number of ether oxygens (including phenoxy) is 1. The highest BCUT2D eigenvalue weighted by Crippen LogP contribution is 2.37. The first-order chi connectivity index (χ1) is 7.61. The molecule has 1 aromatic rings. The molecule has 0 saturated heterocycles. The Kier molecular flexibility index (Phi) is 3.22. The third kappa shape index (κ3) is 1.95. The lowest BCUT2D eigenvalue weighted by Gasteiger charge is -2.26. The number of hydrogen-bond acceptors (Lipinski definition) is 1. The number of fused-ring (bicyclic) bond motifs is 1. The van der Waals surface area contributed by atoms with Crippen molar-refractivity contribution in [3.05, 3.63) is 28.8 Å². The fourth-order valence-electron chi connectivity index (χ4n) is 2.67. The Morgan fingerprint density at radius 1 is 1.06 bits per heavy atom. The lowest BCUT2D eigenvalue weighted by atomic mass is 9.84. The van der Waals surface area contributed by atoms with Crippen LogP contribution in [0.2, 0.25) is 0 Å². The molecule has 1 heteroatoms. The summed E-state index contributed by atoms with van der Waals surface area (Å²) < 4.78 is 5.75. The van der Waals surface area contributed by atoms with E-state index in [1.807, 2.05) is 0 Å². The first-order valence-electron chi connectivity index (χ1n) is 6.39. The van der Waals surface area contributed by atoms with Gasteiger partial charge in [-0.1, -0.05) is 33.8 Å². The molecule has 0 atom stereocenters. The van der Waals surface area contributed by atoms with Gasteiger partial charge in [0.1, 0.15) is 5.75 Å². The average molecular weight is 218 g/mol. The van der Waals surface area contributed by atoms with Gasteiger partial charge in [-0.3, -0.25) is 0 Å². The van der Waals surface area contributed by atoms with E-state index in [0.29, 0.717) is 11.8 Å². The number of benzene rings is 1. The molecule has 0 radical (unpaired) electrons. The van der Waals surface area contributed by atoms with Crippen LogP contribution in [0.25, 0.3) is 0 Å². The van der Waals surface area contributed by atoms with Gasteiger partial charge in [0, 0.05) is 0 Å². The molecular formula is C15H22O. The number of hydrogen-bond donors (Lipinski definition) is 0. The summed E-state index contributed by atoms with van der Waals surface area (Å²) in [5.74, 6) is 2.32. The van der Waals surface area contributed by atoms with E-state index in [4.69, 9.17) is 4.74 Å². The van der Waals surface area contributed by atoms with Crippen molar-refractivity contribution in [2.75, 3.05) is 6.61 Å². The molecule has 0 amide bonds. The molecular weight excluding hydrogens is 196 g/mol. The Bertz CT molecular complexity index is 377. The van der Waals surface area contributed by atoms with E-state index in [9.17, 15) is 0 Å². The van der Waals surface area contributed by atoms with Crippen LogP contribution in [0.1, 0.15) is 62.6 Å². The highest BCUT2D eigenvalue weighted by molar-refractivity contribution is 5.48. The van der Waals surface area contributed by atoms with Gasteiger partial charge in [-0.05, 0) is 47.4 Å². The largest absolute Gasteiger partial charge is 0.493 e. The van der Waals surface area contributed by atoms with Gasteiger partial charge in [0.2, 0.25) is 0 Å². The van der Waals surface area contributed by atoms with Gasteiger partial charge in [-0.2, -0.15) is 0 Å². The molecule has 0 fully saturated rings. The van der Waals surface area contributed by atoms with E-state index in [2.05, 4.69) is 39.8 Å². The quantitative estimate of drug-likeness (QED) is 0.720. The molecule has 0 saturated carbocycles. The second-order valence-corrected chi connectivity index (χ2v) is 5.31. The highest BCUT2D eigenvalue weighted by atomic mass is 16.5. The maximum absolute atomic E-state index is 5.75. The minimum absolute atomic E-state index is 0.592. The fraction of sp³-hybridized carbons (Fsp3) is 0.600. The van der Waals surface area contributed by atoms with Crippen LogP contribution in [0, 0.1) is 0 Å². The molecule has 16 heavy (non-hydrogen) atoms. The minimum atomic E-state index is 0.592. The smallest absolute Gasteiger partial charge is 0.122 e. The van der Waals surface area contributed by atoms with E-state index in [1.165, 1.54) is 23.1 Å². The molecule has 0 aromatic heterocycles. The molecule has 1 heterocycles. The summed E-state index contributed by atoms with van der Waals surface area (Å²) in [4.78, 5) is 0. The highest BCUT2D eigenvalue weighted by Gasteiger charge is 2.20. The molecule has 0 aliphatic carbocycles. The lowest BCUT2D eigenvalue weighted by molar-refractivity contribution is 0.287. The normalized spacial score (nSPS) is 15.1. The second kappa shape index (κ2) is 4.48. The first kappa shape index (κ1) is 11.5. The Balaban J connectivity index is 2.57. The van der Waals surface area contributed by atoms with Crippen molar-refractivity contribution < 1.29 is 4.74 Å². The van der Waals surface area contributed by atoms with E-state index in [1.54, 1.807) is 0 Å². The molecule has 0 N–H and O–H groups in total. The van der Waals surface area contributed by atoms with Gasteiger partial charge < -0.3 is 4.74 Å². The van der Waals surface area contributed by atoms with Crippen LogP contribution in [0.5, 0.6) is 5.75 Å². The summed E-state index contributed by atoms with van der Waals surface area (Å²) in [5.41, 5.74) is 4.50. The molecule has 0 spiro atoms. The summed E-state index contributed by atoms with van der Waals surface area (Å²) in [6.07, 6.45) is 2.34. The van der Waals surface area contributed by atoms with Gasteiger partial charge in [0.15, 0.2) is 0 Å². The van der Waals surface area contributed by atoms with Crippen molar-refractivity contribution in [3.8, 4) is 5.75 Å². The summed E-state index contributed by atoms with van der Waals surface area (Å²) >= 11 is 0. The van der Waals surface area contributed by atoms with Gasteiger partial charge in [0.25, 0.3) is 0 Å². The Hall–Kier alpha value is -0.980. The van der Waals surface area contributed by atoms with E-state index >= 15 is 0 Å². The predicted octanol–water partition coefficient (Wildman–Crippen LogP) is 4.26. The molecule has 1 aliphatic rings. The monoisotopic (exact) mass is 218 g/mol. The fourth-order valence-corrected chi connectivity index (χ4v) is 2.67. The van der Waals surface area contributed by atoms with Gasteiger partial charge in [-0.15, -0.1) is 0 Å². The van der Waals surface area contributed by atoms with E-state index in [-0.39, 0.29) is 0 Å². The maximum atomic E-state index is 5.75. The zero-order valence-corrected chi connectivity index (χ0v) is 10.8. The minimum Gasteiger partial charge on any atom is -0.493 e. The van der Waals surface area contributed by atoms with Gasteiger partial charge >= 0.3 is 0 Å². The zero-order chi connectivity index (χ0) is 11.7. The Morgan fingerprint density at radius 3 is 2.44 bits per heavy atom. The van der Waals surface area contributed by atoms with E-state index in [0.717, 1.165) is 18.8 Å². The third-order valence-electron chi connectivity index (χ3n) is 3.38. The molecule has 0 bridgehead atoms. The molecule has 2 rings (SSSR count). The summed E-state index contributed by atoms with van der Waals surface area (Å²) in [6.45, 7) is 10.0. The maximum Gasteiger partial charge on any atom is 0.122 e. The third-order valence-corrected chi connectivity index (χ3v) is 3.38. The summed E-state index contributed by atoms with van der Waals surface area (Å²) in [5, 5.41) is 0. The van der Waals surface area contributed by atoms with Crippen molar-refractivity contribution in [1.29, 1.82) is 0 Å². The van der Waals surface area contributed by atoms with Crippen LogP contribution in [-0.4, -0.2) is 6.61 Å². The van der Waals surface area contributed by atoms with Crippen molar-refractivity contribution in [2.45, 2.75) is 52.4 Å². The average Bonchev–Trinajstić information content (AvgIpc) is 2.27. The summed E-state index contributed by atoms with van der Waals surface area (Å²) in [6, 6.07) is 4.42. The van der Waals surface area contributed by atoms with E-state index < -0.39 is 0 Å². The van der Waals surface area contributed by atoms with Crippen LogP contribution in [0.15, 0.2) is 12.1 Å². The standard InChI is InChI=1S/C15H22O/c1-10(2)12-7-8-14-13(6-5-9-16-14)15(12)11(3)4/h7-8,10-11H,5-6,9H2,1-4H3. The Morgan fingerprint density at radius 2 is 1.81 bits per heavy atom. The van der Waals surface area contributed by atoms with Crippen molar-refractivity contribution in [3.63, 3.8) is 0 Å². The zero-order valence-electron chi connectivity index (χ0n) is 10.8. The molecule has 1 nitrogen and oxygen atoms in total. The molecule has 1 aliphatic heterocycles. The van der Waals surface area contributed by atoms with Crippen LogP contribution in [0.3, 0.4) is 0 Å².